The first-order valence-electron chi connectivity index (χ1n) is 6.17. The molecule has 0 bridgehead atoms. The quantitative estimate of drug-likeness (QED) is 0.816. The van der Waals surface area contributed by atoms with Crippen molar-refractivity contribution in [1.29, 1.82) is 0 Å². The van der Waals surface area contributed by atoms with Crippen LogP contribution in [0.15, 0.2) is 56.6 Å². The number of carbonyl (C=O) groups excluding carboxylic acids is 1. The smallest absolute Gasteiger partial charge is 0.261 e. The Bertz CT molecular complexity index is 796. The van der Waals surface area contributed by atoms with Crippen LogP contribution in [-0.4, -0.2) is 19.1 Å². The molecule has 0 saturated carbocycles. The minimum absolute atomic E-state index is 0.0438. The number of alkyl halides is 1. The van der Waals surface area contributed by atoms with Crippen LogP contribution in [0.4, 0.5) is 0 Å². The summed E-state index contributed by atoms with van der Waals surface area (Å²) in [5.74, 6) is -0.466. The second-order valence-corrected chi connectivity index (χ2v) is 8.07. The number of rotatable bonds is 3. The third-order valence-corrected chi connectivity index (χ3v) is 6.10. The average Bonchev–Trinajstić information content (AvgIpc) is 2.49. The lowest BCUT2D eigenvalue weighted by molar-refractivity contribution is -0.116. The topological polar surface area (TPSA) is 63.2 Å². The lowest BCUT2D eigenvalue weighted by Gasteiger charge is -2.29. The average molecular weight is 381 g/mol. The standard InChI is InChI=1S/C14H12Cl3NO3S/c1-8-10(15)11(12(16)14(2,17)13(8)19)18-22(20,21)9-6-4-3-5-7-9/h3-7,18H,1-2H3. The number of carbonyl (C=O) groups is 1. The molecule has 1 aliphatic carbocycles. The van der Waals surface area contributed by atoms with Crippen LogP contribution in [0.3, 0.4) is 0 Å². The van der Waals surface area contributed by atoms with Gasteiger partial charge < -0.3 is 0 Å². The van der Waals surface area contributed by atoms with Gasteiger partial charge in [0.1, 0.15) is 4.87 Å². The minimum atomic E-state index is -3.90. The molecule has 2 rings (SSSR count). The Hall–Kier alpha value is -1.01. The zero-order chi connectivity index (χ0) is 16.7. The molecule has 1 N–H and O–H groups in total. The van der Waals surface area contributed by atoms with E-state index in [-0.39, 0.29) is 26.2 Å². The summed E-state index contributed by atoms with van der Waals surface area (Å²) in [5.41, 5.74) is 0.0658. The Morgan fingerprint density at radius 3 is 2.23 bits per heavy atom. The van der Waals surface area contributed by atoms with Gasteiger partial charge in [0.25, 0.3) is 10.0 Å². The maximum Gasteiger partial charge on any atom is 0.261 e. The second-order valence-electron chi connectivity index (χ2n) is 4.88. The van der Waals surface area contributed by atoms with E-state index in [4.69, 9.17) is 34.8 Å². The Morgan fingerprint density at radius 1 is 1.14 bits per heavy atom. The summed E-state index contributed by atoms with van der Waals surface area (Å²) in [5, 5.41) is -0.220. The van der Waals surface area contributed by atoms with Gasteiger partial charge in [0, 0.05) is 5.57 Å². The van der Waals surface area contributed by atoms with Crippen LogP contribution in [0.5, 0.6) is 0 Å². The van der Waals surface area contributed by atoms with E-state index in [9.17, 15) is 13.2 Å². The van der Waals surface area contributed by atoms with Gasteiger partial charge in [-0.15, -0.1) is 11.6 Å². The van der Waals surface area contributed by atoms with E-state index in [0.29, 0.717) is 0 Å². The third-order valence-electron chi connectivity index (χ3n) is 3.24. The van der Waals surface area contributed by atoms with Crippen LogP contribution in [0.1, 0.15) is 13.8 Å². The van der Waals surface area contributed by atoms with Crippen molar-refractivity contribution in [3.8, 4) is 0 Å². The number of ketones is 1. The summed E-state index contributed by atoms with van der Waals surface area (Å²) in [6, 6.07) is 7.72. The van der Waals surface area contributed by atoms with E-state index in [0.717, 1.165) is 0 Å². The lowest BCUT2D eigenvalue weighted by Crippen LogP contribution is -2.38. The molecule has 0 fully saturated rings. The van der Waals surface area contributed by atoms with Crippen molar-refractivity contribution in [3.05, 3.63) is 51.7 Å². The number of benzene rings is 1. The van der Waals surface area contributed by atoms with E-state index in [1.165, 1.54) is 26.0 Å². The highest BCUT2D eigenvalue weighted by Crippen LogP contribution is 2.41. The van der Waals surface area contributed by atoms with Crippen LogP contribution in [0.2, 0.25) is 0 Å². The summed E-state index contributed by atoms with van der Waals surface area (Å²) >= 11 is 18.3. The van der Waals surface area contributed by atoms with Crippen molar-refractivity contribution >= 4 is 50.6 Å². The van der Waals surface area contributed by atoms with Crippen LogP contribution < -0.4 is 4.72 Å². The Morgan fingerprint density at radius 2 is 1.68 bits per heavy atom. The van der Waals surface area contributed by atoms with Crippen molar-refractivity contribution in [2.75, 3.05) is 0 Å². The highest BCUT2D eigenvalue weighted by molar-refractivity contribution is 7.89. The highest BCUT2D eigenvalue weighted by Gasteiger charge is 2.43. The Balaban J connectivity index is 2.53. The largest absolute Gasteiger partial charge is 0.292 e. The SMILES string of the molecule is CC1=C(Cl)C(NS(=O)(=O)c2ccccc2)=C(Cl)C(C)(Cl)C1=O. The molecule has 0 amide bonds. The molecule has 0 spiro atoms. The van der Waals surface area contributed by atoms with Gasteiger partial charge in [-0.3, -0.25) is 9.52 Å². The van der Waals surface area contributed by atoms with Crippen molar-refractivity contribution in [3.63, 3.8) is 0 Å². The predicted molar refractivity (Wildman–Crippen MR) is 87.5 cm³/mol. The fraction of sp³-hybridized carbons (Fsp3) is 0.214. The van der Waals surface area contributed by atoms with E-state index in [1.54, 1.807) is 18.2 Å². The summed E-state index contributed by atoms with van der Waals surface area (Å²) in [6.45, 7) is 2.86. The Labute approximate surface area is 143 Å². The van der Waals surface area contributed by atoms with Gasteiger partial charge in [-0.05, 0) is 26.0 Å². The maximum atomic E-state index is 12.4. The van der Waals surface area contributed by atoms with Gasteiger partial charge in [0.15, 0.2) is 5.78 Å². The lowest BCUT2D eigenvalue weighted by atomic mass is 9.92. The van der Waals surface area contributed by atoms with Crippen LogP contribution in [-0.2, 0) is 14.8 Å². The van der Waals surface area contributed by atoms with E-state index < -0.39 is 20.7 Å². The number of hydrogen-bond acceptors (Lipinski definition) is 3. The number of sulfonamides is 1. The van der Waals surface area contributed by atoms with E-state index >= 15 is 0 Å². The molecule has 4 nitrogen and oxygen atoms in total. The molecular formula is C14H12Cl3NO3S. The maximum absolute atomic E-state index is 12.4. The van der Waals surface area contributed by atoms with E-state index in [2.05, 4.69) is 4.72 Å². The van der Waals surface area contributed by atoms with Crippen LogP contribution in [0, 0.1) is 0 Å². The number of allylic oxidation sites excluding steroid dienone is 3. The van der Waals surface area contributed by atoms with Crippen molar-refractivity contribution in [1.82, 2.24) is 4.72 Å². The normalized spacial score (nSPS) is 23.0. The first-order valence-corrected chi connectivity index (χ1v) is 8.79. The molecule has 0 saturated heterocycles. The van der Waals surface area contributed by atoms with Crippen LogP contribution in [0.25, 0.3) is 0 Å². The van der Waals surface area contributed by atoms with Gasteiger partial charge in [-0.1, -0.05) is 41.4 Å². The zero-order valence-corrected chi connectivity index (χ0v) is 14.7. The first kappa shape index (κ1) is 17.3. The summed E-state index contributed by atoms with van der Waals surface area (Å²) in [4.78, 5) is 10.6. The molecule has 0 aliphatic heterocycles. The summed E-state index contributed by atoms with van der Waals surface area (Å²) < 4.78 is 27.1. The summed E-state index contributed by atoms with van der Waals surface area (Å²) in [6.07, 6.45) is 0. The molecule has 1 aromatic carbocycles. The molecule has 1 atom stereocenters. The highest BCUT2D eigenvalue weighted by atomic mass is 35.5. The monoisotopic (exact) mass is 379 g/mol. The molecule has 8 heteroatoms. The minimum Gasteiger partial charge on any atom is -0.292 e. The molecule has 1 unspecified atom stereocenters. The molecule has 0 heterocycles. The van der Waals surface area contributed by atoms with Crippen molar-refractivity contribution in [2.45, 2.75) is 23.6 Å². The third kappa shape index (κ3) is 2.91. The first-order chi connectivity index (χ1) is 10.1. The number of hydrogen-bond donors (Lipinski definition) is 1. The van der Waals surface area contributed by atoms with Gasteiger partial charge in [-0.25, -0.2) is 8.42 Å². The molecule has 1 aliphatic rings. The van der Waals surface area contributed by atoms with E-state index in [1.807, 2.05) is 0 Å². The van der Waals surface area contributed by atoms with Gasteiger partial charge in [0.05, 0.1) is 20.7 Å². The fourth-order valence-corrected chi connectivity index (χ4v) is 3.91. The van der Waals surface area contributed by atoms with Crippen LogP contribution >= 0.6 is 34.8 Å². The number of halogens is 3. The molecule has 22 heavy (non-hydrogen) atoms. The van der Waals surface area contributed by atoms with Gasteiger partial charge in [0.2, 0.25) is 0 Å². The zero-order valence-electron chi connectivity index (χ0n) is 11.7. The number of nitrogens with one attached hydrogen (secondary N) is 1. The fourth-order valence-electron chi connectivity index (χ4n) is 1.95. The Kier molecular flexibility index (Phi) is 4.64. The molecular weight excluding hydrogens is 369 g/mol. The molecule has 0 aromatic heterocycles. The van der Waals surface area contributed by atoms with Gasteiger partial charge >= 0.3 is 0 Å². The second kappa shape index (κ2) is 5.89. The summed E-state index contributed by atoms with van der Waals surface area (Å²) in [7, 11) is -3.90. The van der Waals surface area contributed by atoms with Crippen molar-refractivity contribution in [2.24, 2.45) is 0 Å². The predicted octanol–water partition coefficient (Wildman–Crippen LogP) is 3.51. The van der Waals surface area contributed by atoms with Crippen molar-refractivity contribution < 1.29 is 13.2 Å². The molecule has 0 radical (unpaired) electrons. The van der Waals surface area contributed by atoms with Gasteiger partial charge in [-0.2, -0.15) is 0 Å². The molecule has 1 aromatic rings. The number of Topliss-reactive ketones (excluding diaryl/α,β-unsaturated/α-hetero) is 1. The molecule has 118 valence electrons.